The van der Waals surface area contributed by atoms with Crippen LogP contribution in [-0.4, -0.2) is 23.1 Å². The summed E-state index contributed by atoms with van der Waals surface area (Å²) >= 11 is 0. The number of hydrogen-bond acceptors (Lipinski definition) is 4. The summed E-state index contributed by atoms with van der Waals surface area (Å²) in [6.45, 7) is 0. The van der Waals surface area contributed by atoms with Crippen LogP contribution in [0.4, 0.5) is 0 Å². The molecule has 0 fully saturated rings. The van der Waals surface area contributed by atoms with Crippen molar-refractivity contribution in [2.45, 2.75) is 0 Å². The number of hydrogen-bond donors (Lipinski definition) is 0. The molecule has 0 aromatic rings. The van der Waals surface area contributed by atoms with E-state index in [2.05, 4.69) is 0 Å². The van der Waals surface area contributed by atoms with E-state index in [0.29, 0.717) is 5.57 Å². The standard InChI is InChI=1S/C12H6O4/c13-8-2-4-10(14)9(6-8)7-1-3-11(15)12(16)5-7/h1-6H. The van der Waals surface area contributed by atoms with Crippen molar-refractivity contribution in [1.29, 1.82) is 0 Å². The third-order valence-electron chi connectivity index (χ3n) is 2.21. The smallest absolute Gasteiger partial charge is 0.226 e. The maximum absolute atomic E-state index is 11.4. The van der Waals surface area contributed by atoms with Crippen LogP contribution >= 0.6 is 0 Å². The largest absolute Gasteiger partial charge is 0.290 e. The molecule has 0 bridgehead atoms. The molecule has 0 heterocycles. The highest BCUT2D eigenvalue weighted by atomic mass is 16.2. The van der Waals surface area contributed by atoms with Gasteiger partial charge in [-0.25, -0.2) is 0 Å². The Hall–Kier alpha value is -2.36. The summed E-state index contributed by atoms with van der Waals surface area (Å²) < 4.78 is 0. The molecule has 16 heavy (non-hydrogen) atoms. The van der Waals surface area contributed by atoms with Crippen molar-refractivity contribution in [2.75, 3.05) is 0 Å². The molecule has 0 N–H and O–H groups in total. The Labute approximate surface area is 90.6 Å². The monoisotopic (exact) mass is 214 g/mol. The highest BCUT2D eigenvalue weighted by molar-refractivity contribution is 6.47. The summed E-state index contributed by atoms with van der Waals surface area (Å²) in [5.41, 5.74) is 0.442. The van der Waals surface area contributed by atoms with Gasteiger partial charge in [-0.15, -0.1) is 0 Å². The van der Waals surface area contributed by atoms with E-state index in [1.807, 2.05) is 0 Å². The summed E-state index contributed by atoms with van der Waals surface area (Å²) in [6, 6.07) is 0. The Balaban J connectivity index is 2.41. The Morgan fingerprint density at radius 3 is 2.00 bits per heavy atom. The van der Waals surface area contributed by atoms with E-state index in [-0.39, 0.29) is 17.1 Å². The first-order chi connectivity index (χ1) is 7.58. The minimum atomic E-state index is -0.687. The fraction of sp³-hybridized carbons (Fsp3) is 0. The fourth-order valence-electron chi connectivity index (χ4n) is 1.41. The first-order valence-electron chi connectivity index (χ1n) is 4.54. The predicted molar refractivity (Wildman–Crippen MR) is 54.5 cm³/mol. The Morgan fingerprint density at radius 2 is 1.31 bits per heavy atom. The Kier molecular flexibility index (Phi) is 2.32. The molecular weight excluding hydrogens is 208 g/mol. The van der Waals surface area contributed by atoms with Crippen molar-refractivity contribution in [3.8, 4) is 0 Å². The Morgan fingerprint density at radius 1 is 0.625 bits per heavy atom. The van der Waals surface area contributed by atoms with E-state index in [1.165, 1.54) is 6.08 Å². The van der Waals surface area contributed by atoms with Gasteiger partial charge in [-0.05, 0) is 36.0 Å². The van der Waals surface area contributed by atoms with Gasteiger partial charge in [0.2, 0.25) is 11.6 Å². The topological polar surface area (TPSA) is 68.3 Å². The summed E-state index contributed by atoms with van der Waals surface area (Å²) in [6.07, 6.45) is 6.98. The zero-order valence-corrected chi connectivity index (χ0v) is 8.10. The van der Waals surface area contributed by atoms with Crippen LogP contribution in [0.5, 0.6) is 0 Å². The van der Waals surface area contributed by atoms with Gasteiger partial charge in [0.15, 0.2) is 11.6 Å². The Bertz CT molecular complexity index is 541. The van der Waals surface area contributed by atoms with Gasteiger partial charge in [0.25, 0.3) is 0 Å². The number of carbonyl (C=O) groups is 4. The van der Waals surface area contributed by atoms with E-state index in [4.69, 9.17) is 0 Å². The second kappa shape index (κ2) is 3.66. The van der Waals surface area contributed by atoms with Gasteiger partial charge in [0.05, 0.1) is 0 Å². The third kappa shape index (κ3) is 1.72. The second-order valence-electron chi connectivity index (χ2n) is 3.32. The molecule has 2 aliphatic carbocycles. The number of rotatable bonds is 1. The number of ketones is 4. The lowest BCUT2D eigenvalue weighted by molar-refractivity contribution is -0.131. The van der Waals surface area contributed by atoms with Crippen LogP contribution in [0.15, 0.2) is 47.6 Å². The maximum atomic E-state index is 11.4. The molecule has 0 unspecified atom stereocenters. The molecule has 0 amide bonds. The third-order valence-corrected chi connectivity index (χ3v) is 2.21. The first-order valence-corrected chi connectivity index (χ1v) is 4.54. The zero-order valence-electron chi connectivity index (χ0n) is 8.10. The van der Waals surface area contributed by atoms with Crippen molar-refractivity contribution >= 4 is 23.1 Å². The molecule has 0 saturated carbocycles. The van der Waals surface area contributed by atoms with Crippen molar-refractivity contribution in [2.24, 2.45) is 0 Å². The van der Waals surface area contributed by atoms with Crippen LogP contribution in [0.1, 0.15) is 0 Å². The minimum absolute atomic E-state index is 0.143. The molecule has 0 aromatic heterocycles. The van der Waals surface area contributed by atoms with E-state index < -0.39 is 11.6 Å². The van der Waals surface area contributed by atoms with Gasteiger partial charge >= 0.3 is 0 Å². The number of carbonyl (C=O) groups excluding carboxylic acids is 4. The maximum Gasteiger partial charge on any atom is 0.226 e. The molecule has 0 atom stereocenters. The van der Waals surface area contributed by atoms with E-state index in [1.54, 1.807) is 0 Å². The lowest BCUT2D eigenvalue weighted by atomic mass is 9.92. The second-order valence-corrected chi connectivity index (χ2v) is 3.32. The summed E-state index contributed by atoms with van der Waals surface area (Å²) in [5.74, 6) is -1.98. The zero-order chi connectivity index (χ0) is 11.7. The molecule has 4 heteroatoms. The average Bonchev–Trinajstić information content (AvgIpc) is 2.26. The van der Waals surface area contributed by atoms with Gasteiger partial charge in [0, 0.05) is 5.57 Å². The highest BCUT2D eigenvalue weighted by Crippen LogP contribution is 2.19. The van der Waals surface area contributed by atoms with Crippen LogP contribution < -0.4 is 0 Å². The van der Waals surface area contributed by atoms with Crippen molar-refractivity contribution in [3.05, 3.63) is 47.6 Å². The SMILES string of the molecule is O=C1C=CC(=O)C(C2=CC(=O)C(=O)C=C2)=C1. The minimum Gasteiger partial charge on any atom is -0.290 e. The summed E-state index contributed by atoms with van der Waals surface area (Å²) in [7, 11) is 0. The van der Waals surface area contributed by atoms with Gasteiger partial charge in [0.1, 0.15) is 0 Å². The number of allylic oxidation sites excluding steroid dienone is 8. The fourth-order valence-corrected chi connectivity index (χ4v) is 1.41. The van der Waals surface area contributed by atoms with Crippen LogP contribution in [-0.2, 0) is 19.2 Å². The molecular formula is C12H6O4. The molecule has 0 radical (unpaired) electrons. The summed E-state index contributed by atoms with van der Waals surface area (Å²) in [4.78, 5) is 44.6. The molecule has 0 saturated heterocycles. The van der Waals surface area contributed by atoms with Crippen molar-refractivity contribution in [1.82, 2.24) is 0 Å². The molecule has 4 nitrogen and oxygen atoms in total. The molecule has 0 aliphatic heterocycles. The van der Waals surface area contributed by atoms with Gasteiger partial charge in [-0.1, -0.05) is 6.08 Å². The predicted octanol–water partition coefficient (Wildman–Crippen LogP) is 0.255. The van der Waals surface area contributed by atoms with Crippen LogP contribution in [0, 0.1) is 0 Å². The molecule has 2 rings (SSSR count). The molecule has 2 aliphatic rings. The lowest BCUT2D eigenvalue weighted by Crippen LogP contribution is -2.16. The first kappa shape index (κ1) is 10.2. The van der Waals surface area contributed by atoms with Gasteiger partial charge in [-0.3, -0.25) is 19.2 Å². The van der Waals surface area contributed by atoms with Crippen molar-refractivity contribution in [3.63, 3.8) is 0 Å². The van der Waals surface area contributed by atoms with Gasteiger partial charge in [-0.2, -0.15) is 0 Å². The summed E-state index contributed by atoms with van der Waals surface area (Å²) in [5, 5.41) is 0. The van der Waals surface area contributed by atoms with E-state index in [0.717, 1.165) is 30.4 Å². The highest BCUT2D eigenvalue weighted by Gasteiger charge is 2.20. The quantitative estimate of drug-likeness (QED) is 0.356. The van der Waals surface area contributed by atoms with Crippen LogP contribution in [0.25, 0.3) is 0 Å². The normalized spacial score (nSPS) is 20.0. The van der Waals surface area contributed by atoms with Crippen LogP contribution in [0.2, 0.25) is 0 Å². The van der Waals surface area contributed by atoms with Crippen LogP contribution in [0.3, 0.4) is 0 Å². The molecule has 78 valence electrons. The van der Waals surface area contributed by atoms with E-state index >= 15 is 0 Å². The molecule has 0 aromatic carbocycles. The van der Waals surface area contributed by atoms with Gasteiger partial charge < -0.3 is 0 Å². The van der Waals surface area contributed by atoms with Crippen molar-refractivity contribution < 1.29 is 19.2 Å². The average molecular weight is 214 g/mol. The lowest BCUT2D eigenvalue weighted by Gasteiger charge is -2.09. The van der Waals surface area contributed by atoms with E-state index in [9.17, 15) is 19.2 Å². The molecule has 0 spiro atoms.